The van der Waals surface area contributed by atoms with Crippen molar-refractivity contribution in [3.8, 4) is 0 Å². The topological polar surface area (TPSA) is 64.7 Å². The van der Waals surface area contributed by atoms with E-state index < -0.39 is 12.1 Å². The molecule has 56 valence electrons. The Hall–Kier alpha value is -1.13. The van der Waals surface area contributed by atoms with Gasteiger partial charge in [-0.05, 0) is 13.8 Å². The van der Waals surface area contributed by atoms with E-state index in [2.05, 4.69) is 9.99 Å². The Morgan fingerprint density at radius 1 is 1.80 bits per heavy atom. The third kappa shape index (κ3) is 0.940. The van der Waals surface area contributed by atoms with E-state index in [0.29, 0.717) is 5.71 Å². The summed E-state index contributed by atoms with van der Waals surface area (Å²) < 4.78 is 0. The minimum Gasteiger partial charge on any atom is -0.385 e. The van der Waals surface area contributed by atoms with Crippen molar-refractivity contribution in [1.82, 2.24) is 0 Å². The fraction of sp³-hybridized carbons (Fsp3) is 0.800. The lowest BCUT2D eigenvalue weighted by Crippen LogP contribution is -2.33. The minimum atomic E-state index is -0.750. The second-order valence-electron chi connectivity index (χ2n) is 2.27. The minimum absolute atomic E-state index is 0.378. The molecule has 0 saturated heterocycles. The SMILES string of the molecule is CC1=NOC(C)C1[N+](=O)[O-]. The molecule has 0 fully saturated rings. The van der Waals surface area contributed by atoms with Crippen molar-refractivity contribution in [2.45, 2.75) is 26.0 Å². The molecule has 1 aliphatic heterocycles. The van der Waals surface area contributed by atoms with Crippen molar-refractivity contribution >= 4 is 5.71 Å². The molecule has 0 radical (unpaired) electrons. The zero-order valence-electron chi connectivity index (χ0n) is 5.77. The highest BCUT2D eigenvalue weighted by Gasteiger charge is 2.37. The average molecular weight is 144 g/mol. The van der Waals surface area contributed by atoms with Crippen LogP contribution in [0.5, 0.6) is 0 Å². The Balaban J connectivity index is 2.74. The van der Waals surface area contributed by atoms with Gasteiger partial charge < -0.3 is 4.84 Å². The summed E-state index contributed by atoms with van der Waals surface area (Å²) in [5.74, 6) is 0. The zero-order valence-corrected chi connectivity index (χ0v) is 5.77. The van der Waals surface area contributed by atoms with E-state index in [0.717, 1.165) is 0 Å². The van der Waals surface area contributed by atoms with E-state index in [4.69, 9.17) is 0 Å². The highest BCUT2D eigenvalue weighted by Crippen LogP contribution is 2.12. The maximum Gasteiger partial charge on any atom is 0.292 e. The molecular formula is C5H8N2O3. The Labute approximate surface area is 57.8 Å². The molecule has 2 atom stereocenters. The first-order valence-corrected chi connectivity index (χ1v) is 2.96. The second-order valence-corrected chi connectivity index (χ2v) is 2.27. The first-order valence-electron chi connectivity index (χ1n) is 2.96. The van der Waals surface area contributed by atoms with Crippen molar-refractivity contribution in [3.63, 3.8) is 0 Å². The van der Waals surface area contributed by atoms with Crippen LogP contribution in [0.25, 0.3) is 0 Å². The van der Waals surface area contributed by atoms with Crippen LogP contribution in [0.15, 0.2) is 5.16 Å². The number of nitro groups is 1. The van der Waals surface area contributed by atoms with Gasteiger partial charge in [0.25, 0.3) is 6.04 Å². The van der Waals surface area contributed by atoms with Crippen molar-refractivity contribution < 1.29 is 9.76 Å². The number of hydrogen-bond acceptors (Lipinski definition) is 4. The van der Waals surface area contributed by atoms with Gasteiger partial charge >= 0.3 is 0 Å². The fourth-order valence-corrected chi connectivity index (χ4v) is 0.942. The lowest BCUT2D eigenvalue weighted by Gasteiger charge is -2.03. The van der Waals surface area contributed by atoms with Gasteiger partial charge in [0.15, 0.2) is 6.10 Å². The highest BCUT2D eigenvalue weighted by atomic mass is 16.7. The summed E-state index contributed by atoms with van der Waals surface area (Å²) in [6.45, 7) is 3.23. The molecule has 1 rings (SSSR count). The van der Waals surface area contributed by atoms with Gasteiger partial charge in [0.1, 0.15) is 5.71 Å². The van der Waals surface area contributed by atoms with Crippen LogP contribution in [0.1, 0.15) is 13.8 Å². The van der Waals surface area contributed by atoms with E-state index in [1.807, 2.05) is 0 Å². The first-order chi connectivity index (χ1) is 4.63. The molecule has 0 aromatic carbocycles. The van der Waals surface area contributed by atoms with Gasteiger partial charge in [0, 0.05) is 4.92 Å². The predicted octanol–water partition coefficient (Wildman–Crippen LogP) is 0.426. The zero-order chi connectivity index (χ0) is 7.72. The molecule has 2 unspecified atom stereocenters. The largest absolute Gasteiger partial charge is 0.385 e. The summed E-state index contributed by atoms with van der Waals surface area (Å²) in [6, 6.07) is -0.750. The Morgan fingerprint density at radius 2 is 2.40 bits per heavy atom. The van der Waals surface area contributed by atoms with Crippen LogP contribution >= 0.6 is 0 Å². The summed E-state index contributed by atoms with van der Waals surface area (Å²) in [5.41, 5.74) is 0.442. The predicted molar refractivity (Wildman–Crippen MR) is 34.4 cm³/mol. The molecule has 0 N–H and O–H groups in total. The van der Waals surface area contributed by atoms with Crippen molar-refractivity contribution in [2.24, 2.45) is 5.16 Å². The van der Waals surface area contributed by atoms with Crippen molar-refractivity contribution in [1.29, 1.82) is 0 Å². The molecule has 0 amide bonds. The molecule has 0 bridgehead atoms. The smallest absolute Gasteiger partial charge is 0.292 e. The molecule has 0 aromatic heterocycles. The summed E-state index contributed by atoms with van der Waals surface area (Å²) in [6.07, 6.45) is -0.421. The second kappa shape index (κ2) is 2.24. The molecular weight excluding hydrogens is 136 g/mol. The normalized spacial score (nSPS) is 31.2. The van der Waals surface area contributed by atoms with Crippen LogP contribution in [0.3, 0.4) is 0 Å². The number of hydrogen-bond donors (Lipinski definition) is 0. The number of oxime groups is 1. The van der Waals surface area contributed by atoms with E-state index >= 15 is 0 Å². The van der Waals surface area contributed by atoms with E-state index in [1.54, 1.807) is 13.8 Å². The van der Waals surface area contributed by atoms with Crippen LogP contribution in [-0.4, -0.2) is 22.8 Å². The Bertz CT molecular complexity index is 189. The molecule has 5 heteroatoms. The Morgan fingerprint density at radius 3 is 2.60 bits per heavy atom. The van der Waals surface area contributed by atoms with Crippen LogP contribution in [0.2, 0.25) is 0 Å². The molecule has 0 saturated carbocycles. The number of nitrogens with zero attached hydrogens (tertiary/aromatic N) is 2. The summed E-state index contributed by atoms with van der Waals surface area (Å²) in [4.78, 5) is 14.6. The van der Waals surface area contributed by atoms with E-state index in [1.165, 1.54) is 0 Å². The van der Waals surface area contributed by atoms with E-state index in [-0.39, 0.29) is 4.92 Å². The fourth-order valence-electron chi connectivity index (χ4n) is 0.942. The van der Waals surface area contributed by atoms with Gasteiger partial charge in [-0.2, -0.15) is 0 Å². The van der Waals surface area contributed by atoms with Crippen molar-refractivity contribution in [3.05, 3.63) is 10.1 Å². The third-order valence-corrected chi connectivity index (χ3v) is 1.46. The van der Waals surface area contributed by atoms with E-state index in [9.17, 15) is 10.1 Å². The Kier molecular flexibility index (Phi) is 1.57. The van der Waals surface area contributed by atoms with Gasteiger partial charge in [0.2, 0.25) is 0 Å². The van der Waals surface area contributed by atoms with Gasteiger partial charge in [-0.25, -0.2) is 0 Å². The summed E-state index contributed by atoms with van der Waals surface area (Å²) in [7, 11) is 0. The standard InChI is InChI=1S/C5H8N2O3/c1-3-5(7(8)9)4(2)10-6-3/h4-5H,1-2H3. The quantitative estimate of drug-likeness (QED) is 0.396. The molecule has 0 aromatic rings. The average Bonchev–Trinajstić information content (AvgIpc) is 2.11. The van der Waals surface area contributed by atoms with Crippen molar-refractivity contribution in [2.75, 3.05) is 0 Å². The molecule has 0 spiro atoms. The van der Waals surface area contributed by atoms with Crippen LogP contribution in [0.4, 0.5) is 0 Å². The lowest BCUT2D eigenvalue weighted by atomic mass is 10.1. The van der Waals surface area contributed by atoms with Gasteiger partial charge in [-0.1, -0.05) is 5.16 Å². The van der Waals surface area contributed by atoms with Gasteiger partial charge in [0.05, 0.1) is 0 Å². The van der Waals surface area contributed by atoms with Crippen LogP contribution in [0, 0.1) is 10.1 Å². The molecule has 1 aliphatic rings. The molecule has 10 heavy (non-hydrogen) atoms. The maximum atomic E-state index is 10.3. The molecule has 0 aliphatic carbocycles. The summed E-state index contributed by atoms with van der Waals surface area (Å²) >= 11 is 0. The summed E-state index contributed by atoms with van der Waals surface area (Å²) in [5, 5.41) is 13.8. The maximum absolute atomic E-state index is 10.3. The monoisotopic (exact) mass is 144 g/mol. The molecule has 5 nitrogen and oxygen atoms in total. The highest BCUT2D eigenvalue weighted by molar-refractivity contribution is 5.87. The first kappa shape index (κ1) is 6.98. The number of rotatable bonds is 1. The third-order valence-electron chi connectivity index (χ3n) is 1.46. The van der Waals surface area contributed by atoms with Crippen LogP contribution in [-0.2, 0) is 4.84 Å². The molecule has 1 heterocycles. The lowest BCUT2D eigenvalue weighted by molar-refractivity contribution is -0.510. The van der Waals surface area contributed by atoms with Gasteiger partial charge in [-0.15, -0.1) is 0 Å². The van der Waals surface area contributed by atoms with Crippen LogP contribution < -0.4 is 0 Å². The van der Waals surface area contributed by atoms with Gasteiger partial charge in [-0.3, -0.25) is 10.1 Å².